The van der Waals surface area contributed by atoms with E-state index in [2.05, 4.69) is 10.1 Å². The lowest BCUT2D eigenvalue weighted by molar-refractivity contribution is -0.0494. The molecule has 0 unspecified atom stereocenters. The molecule has 0 aliphatic rings. The first kappa shape index (κ1) is 15.7. The van der Waals surface area contributed by atoms with Crippen LogP contribution in [0.1, 0.15) is 26.3 Å². The van der Waals surface area contributed by atoms with Crippen molar-refractivity contribution < 1.29 is 23.0 Å². The fraction of sp³-hybridized carbons (Fsp3) is 0.385. The number of benzene rings is 1. The van der Waals surface area contributed by atoms with E-state index in [1.807, 2.05) is 6.07 Å². The zero-order valence-corrected chi connectivity index (χ0v) is 11.2. The summed E-state index contributed by atoms with van der Waals surface area (Å²) >= 11 is 0. The Labute approximate surface area is 115 Å². The van der Waals surface area contributed by atoms with Crippen LogP contribution in [0.4, 0.5) is 19.3 Å². The summed E-state index contributed by atoms with van der Waals surface area (Å²) in [4.78, 5) is 11.6. The van der Waals surface area contributed by atoms with Gasteiger partial charge < -0.3 is 9.47 Å². The topological polar surface area (TPSA) is 71.3 Å². The average Bonchev–Trinajstić information content (AvgIpc) is 2.28. The van der Waals surface area contributed by atoms with Crippen molar-refractivity contribution in [3.8, 4) is 11.8 Å². The van der Waals surface area contributed by atoms with Gasteiger partial charge in [-0.1, -0.05) is 0 Å². The Kier molecular flexibility index (Phi) is 4.86. The summed E-state index contributed by atoms with van der Waals surface area (Å²) in [5, 5.41) is 11.0. The molecule has 0 fully saturated rings. The Morgan fingerprint density at radius 2 is 2.05 bits per heavy atom. The van der Waals surface area contributed by atoms with Gasteiger partial charge in [0.15, 0.2) is 0 Å². The smallest absolute Gasteiger partial charge is 0.412 e. The third-order valence-corrected chi connectivity index (χ3v) is 1.96. The number of anilines is 1. The Balaban J connectivity index is 2.96. The van der Waals surface area contributed by atoms with E-state index in [-0.39, 0.29) is 17.0 Å². The standard InChI is InChI=1S/C13H14F2N2O3/c1-13(2,3)20-12(18)17-9-6-8(7-16)4-5-10(9)19-11(14)15/h4-6,11H,1-3H3,(H,17,18). The number of halogens is 2. The summed E-state index contributed by atoms with van der Waals surface area (Å²) in [6, 6.07) is 5.54. The van der Waals surface area contributed by atoms with E-state index < -0.39 is 18.3 Å². The van der Waals surface area contributed by atoms with Crippen molar-refractivity contribution in [2.75, 3.05) is 5.32 Å². The van der Waals surface area contributed by atoms with E-state index in [1.165, 1.54) is 18.2 Å². The molecule has 108 valence electrons. The Hall–Kier alpha value is -2.36. The van der Waals surface area contributed by atoms with Crippen LogP contribution >= 0.6 is 0 Å². The first-order valence-corrected chi connectivity index (χ1v) is 5.70. The lowest BCUT2D eigenvalue weighted by Crippen LogP contribution is -2.27. The number of alkyl halides is 2. The van der Waals surface area contributed by atoms with E-state index in [0.717, 1.165) is 0 Å². The molecule has 0 saturated carbocycles. The largest absolute Gasteiger partial charge is 0.444 e. The highest BCUT2D eigenvalue weighted by atomic mass is 19.3. The quantitative estimate of drug-likeness (QED) is 0.922. The molecule has 0 bridgehead atoms. The molecule has 1 aromatic carbocycles. The van der Waals surface area contributed by atoms with Crippen molar-refractivity contribution in [2.24, 2.45) is 0 Å². The zero-order valence-electron chi connectivity index (χ0n) is 11.2. The van der Waals surface area contributed by atoms with E-state index in [4.69, 9.17) is 10.00 Å². The number of nitrogens with one attached hydrogen (secondary N) is 1. The molecule has 0 heterocycles. The summed E-state index contributed by atoms with van der Waals surface area (Å²) in [6.07, 6.45) is -0.827. The number of carbonyl (C=O) groups excluding carboxylic acids is 1. The first-order valence-electron chi connectivity index (χ1n) is 5.70. The number of rotatable bonds is 3. The minimum absolute atomic E-state index is 0.0569. The van der Waals surface area contributed by atoms with Crippen molar-refractivity contribution in [3.05, 3.63) is 23.8 Å². The van der Waals surface area contributed by atoms with Gasteiger partial charge in [-0.2, -0.15) is 14.0 Å². The summed E-state index contributed by atoms with van der Waals surface area (Å²) in [5.41, 5.74) is -0.600. The summed E-state index contributed by atoms with van der Waals surface area (Å²) < 4.78 is 33.8. The van der Waals surface area contributed by atoms with Crippen LogP contribution in [0.15, 0.2) is 18.2 Å². The highest BCUT2D eigenvalue weighted by Crippen LogP contribution is 2.27. The number of nitriles is 1. The van der Waals surface area contributed by atoms with Gasteiger partial charge in [-0.05, 0) is 39.0 Å². The molecule has 0 radical (unpaired) electrons. The van der Waals surface area contributed by atoms with Gasteiger partial charge in [-0.3, -0.25) is 5.32 Å². The van der Waals surface area contributed by atoms with Gasteiger partial charge in [0.05, 0.1) is 17.3 Å². The van der Waals surface area contributed by atoms with Crippen LogP contribution in [0.5, 0.6) is 5.75 Å². The van der Waals surface area contributed by atoms with E-state index in [9.17, 15) is 13.6 Å². The highest BCUT2D eigenvalue weighted by Gasteiger charge is 2.18. The molecule has 0 aliphatic heterocycles. The summed E-state index contributed by atoms with van der Waals surface area (Å²) in [5.74, 6) is -0.246. The molecule has 7 heteroatoms. The van der Waals surface area contributed by atoms with Crippen molar-refractivity contribution >= 4 is 11.8 Å². The van der Waals surface area contributed by atoms with E-state index >= 15 is 0 Å². The lowest BCUT2D eigenvalue weighted by Gasteiger charge is -2.20. The van der Waals surface area contributed by atoms with Gasteiger partial charge in [-0.25, -0.2) is 4.79 Å². The number of hydrogen-bond donors (Lipinski definition) is 1. The average molecular weight is 284 g/mol. The number of amides is 1. The molecular formula is C13H14F2N2O3. The van der Waals surface area contributed by atoms with Gasteiger partial charge in [0.1, 0.15) is 11.4 Å². The Bertz CT molecular complexity index is 533. The van der Waals surface area contributed by atoms with E-state index in [1.54, 1.807) is 20.8 Å². The second-order valence-corrected chi connectivity index (χ2v) is 4.83. The number of ether oxygens (including phenoxy) is 2. The molecule has 0 aromatic heterocycles. The number of hydrogen-bond acceptors (Lipinski definition) is 4. The Morgan fingerprint density at radius 1 is 1.40 bits per heavy atom. The van der Waals surface area contributed by atoms with Crippen LogP contribution in [0.25, 0.3) is 0 Å². The molecule has 0 aliphatic carbocycles. The molecule has 1 aromatic rings. The van der Waals surface area contributed by atoms with Crippen LogP contribution in [0, 0.1) is 11.3 Å². The molecule has 0 atom stereocenters. The maximum absolute atomic E-state index is 12.3. The maximum Gasteiger partial charge on any atom is 0.412 e. The fourth-order valence-corrected chi connectivity index (χ4v) is 1.31. The van der Waals surface area contributed by atoms with Gasteiger partial charge in [0.25, 0.3) is 0 Å². The second kappa shape index (κ2) is 6.19. The fourth-order valence-electron chi connectivity index (χ4n) is 1.31. The van der Waals surface area contributed by atoms with Crippen LogP contribution in [0.2, 0.25) is 0 Å². The number of carbonyl (C=O) groups is 1. The maximum atomic E-state index is 12.3. The predicted octanol–water partition coefficient (Wildman–Crippen LogP) is 3.51. The molecule has 20 heavy (non-hydrogen) atoms. The molecule has 5 nitrogen and oxygen atoms in total. The molecule has 0 spiro atoms. The minimum atomic E-state index is -3.04. The van der Waals surface area contributed by atoms with Crippen LogP contribution in [-0.4, -0.2) is 18.3 Å². The monoisotopic (exact) mass is 284 g/mol. The molecular weight excluding hydrogens is 270 g/mol. The van der Waals surface area contributed by atoms with Gasteiger partial charge in [0, 0.05) is 0 Å². The van der Waals surface area contributed by atoms with Crippen molar-refractivity contribution in [2.45, 2.75) is 33.0 Å². The van der Waals surface area contributed by atoms with Crippen LogP contribution < -0.4 is 10.1 Å². The normalized spacial score (nSPS) is 10.8. The zero-order chi connectivity index (χ0) is 15.3. The van der Waals surface area contributed by atoms with Gasteiger partial charge >= 0.3 is 12.7 Å². The van der Waals surface area contributed by atoms with Crippen molar-refractivity contribution in [1.82, 2.24) is 0 Å². The third kappa shape index (κ3) is 5.10. The first-order chi connectivity index (χ1) is 9.21. The van der Waals surface area contributed by atoms with Gasteiger partial charge in [-0.15, -0.1) is 0 Å². The molecule has 1 N–H and O–H groups in total. The van der Waals surface area contributed by atoms with Crippen molar-refractivity contribution in [1.29, 1.82) is 5.26 Å². The minimum Gasteiger partial charge on any atom is -0.444 e. The second-order valence-electron chi connectivity index (χ2n) is 4.83. The lowest BCUT2D eigenvalue weighted by atomic mass is 10.2. The predicted molar refractivity (Wildman–Crippen MR) is 67.6 cm³/mol. The third-order valence-electron chi connectivity index (χ3n) is 1.96. The van der Waals surface area contributed by atoms with Crippen LogP contribution in [0.3, 0.4) is 0 Å². The summed E-state index contributed by atoms with van der Waals surface area (Å²) in [7, 11) is 0. The molecule has 1 amide bonds. The Morgan fingerprint density at radius 3 is 2.55 bits per heavy atom. The SMILES string of the molecule is CC(C)(C)OC(=O)Nc1cc(C#N)ccc1OC(F)F. The summed E-state index contributed by atoms with van der Waals surface area (Å²) in [6.45, 7) is 1.94. The number of nitrogens with zero attached hydrogens (tertiary/aromatic N) is 1. The van der Waals surface area contributed by atoms with Crippen LogP contribution in [-0.2, 0) is 4.74 Å². The molecule has 0 saturated heterocycles. The highest BCUT2D eigenvalue weighted by molar-refractivity contribution is 5.87. The van der Waals surface area contributed by atoms with Crippen molar-refractivity contribution in [3.63, 3.8) is 0 Å². The molecule has 1 rings (SSSR count). The van der Waals surface area contributed by atoms with Gasteiger partial charge in [0.2, 0.25) is 0 Å². The van der Waals surface area contributed by atoms with E-state index in [0.29, 0.717) is 0 Å².